The number of rotatable bonds is 2. The van der Waals surface area contributed by atoms with Gasteiger partial charge < -0.3 is 14.6 Å². The summed E-state index contributed by atoms with van der Waals surface area (Å²) in [6, 6.07) is 7.79. The highest BCUT2D eigenvalue weighted by atomic mass is 16.5. The van der Waals surface area contributed by atoms with E-state index in [2.05, 4.69) is 10.5 Å². The number of amides is 1. The topological polar surface area (TPSA) is 64.4 Å². The van der Waals surface area contributed by atoms with E-state index in [9.17, 15) is 4.79 Å². The fraction of sp³-hybridized carbons (Fsp3) is 0.412. The van der Waals surface area contributed by atoms with Gasteiger partial charge in [0.15, 0.2) is 0 Å². The molecular formula is C17H18N2O3. The zero-order chi connectivity index (χ0) is 14.9. The highest BCUT2D eigenvalue weighted by Crippen LogP contribution is 2.32. The number of aromatic nitrogens is 1. The van der Waals surface area contributed by atoms with Gasteiger partial charge in [-0.05, 0) is 31.7 Å². The first-order valence-corrected chi connectivity index (χ1v) is 7.83. The molecule has 0 unspecified atom stereocenters. The number of carbonyl (C=O) groups excluding carboxylic acids is 1. The van der Waals surface area contributed by atoms with Gasteiger partial charge in [-0.2, -0.15) is 0 Å². The molecule has 0 saturated heterocycles. The average molecular weight is 298 g/mol. The standard InChI is InChI=1S/C17H18N2O3/c20-17(16-12-6-1-3-7-14(12)19-22-16)18-13-9-10-21-15-8-4-2-5-11(13)15/h2,4-5,8,13H,1,3,6-7,9-10H2,(H,18,20)/t13-/m1/s1. The molecule has 2 heterocycles. The number of para-hydroxylation sites is 1. The van der Waals surface area contributed by atoms with Gasteiger partial charge in [0.05, 0.1) is 18.3 Å². The Morgan fingerprint density at radius 2 is 2.09 bits per heavy atom. The van der Waals surface area contributed by atoms with Gasteiger partial charge in [-0.15, -0.1) is 0 Å². The van der Waals surface area contributed by atoms with Gasteiger partial charge >= 0.3 is 0 Å². The Morgan fingerprint density at radius 1 is 1.23 bits per heavy atom. The smallest absolute Gasteiger partial charge is 0.290 e. The first-order chi connectivity index (χ1) is 10.8. The fourth-order valence-corrected chi connectivity index (χ4v) is 3.28. The van der Waals surface area contributed by atoms with Crippen LogP contribution in [0.4, 0.5) is 0 Å². The Balaban J connectivity index is 1.57. The lowest BCUT2D eigenvalue weighted by atomic mass is 9.95. The maximum absolute atomic E-state index is 12.6. The van der Waals surface area contributed by atoms with E-state index in [4.69, 9.17) is 9.26 Å². The van der Waals surface area contributed by atoms with Crippen molar-refractivity contribution in [3.8, 4) is 5.75 Å². The molecule has 1 aliphatic heterocycles. The van der Waals surface area contributed by atoms with E-state index in [1.165, 1.54) is 0 Å². The van der Waals surface area contributed by atoms with Gasteiger partial charge in [0, 0.05) is 17.5 Å². The summed E-state index contributed by atoms with van der Waals surface area (Å²) in [6.07, 6.45) is 4.76. The van der Waals surface area contributed by atoms with Crippen molar-refractivity contribution in [3.05, 3.63) is 46.8 Å². The van der Waals surface area contributed by atoms with Gasteiger partial charge in [-0.1, -0.05) is 23.4 Å². The normalized spacial score (nSPS) is 19.7. The minimum Gasteiger partial charge on any atom is -0.493 e. The van der Waals surface area contributed by atoms with Crippen LogP contribution in [0.15, 0.2) is 28.8 Å². The predicted octanol–water partition coefficient (Wildman–Crippen LogP) is 2.81. The quantitative estimate of drug-likeness (QED) is 0.926. The fourth-order valence-electron chi connectivity index (χ4n) is 3.28. The zero-order valence-corrected chi connectivity index (χ0v) is 12.3. The van der Waals surface area contributed by atoms with E-state index < -0.39 is 0 Å². The lowest BCUT2D eigenvalue weighted by Crippen LogP contribution is -2.32. The minimum absolute atomic E-state index is 0.0400. The lowest BCUT2D eigenvalue weighted by Gasteiger charge is -2.26. The number of nitrogens with zero attached hydrogens (tertiary/aromatic N) is 1. The van der Waals surface area contributed by atoms with Crippen molar-refractivity contribution >= 4 is 5.91 Å². The Morgan fingerprint density at radius 3 is 3.05 bits per heavy atom. The average Bonchev–Trinajstić information content (AvgIpc) is 2.99. The predicted molar refractivity (Wildman–Crippen MR) is 79.9 cm³/mol. The van der Waals surface area contributed by atoms with Gasteiger partial charge in [0.1, 0.15) is 5.75 Å². The number of ether oxygens (including phenoxy) is 1. The van der Waals surface area contributed by atoms with E-state index in [0.29, 0.717) is 12.4 Å². The molecule has 1 aromatic carbocycles. The van der Waals surface area contributed by atoms with Crippen LogP contribution in [0.5, 0.6) is 5.75 Å². The van der Waals surface area contributed by atoms with Crippen molar-refractivity contribution in [1.29, 1.82) is 0 Å². The molecule has 5 heteroatoms. The van der Waals surface area contributed by atoms with E-state index in [0.717, 1.165) is 54.7 Å². The third-order valence-corrected chi connectivity index (χ3v) is 4.43. The highest BCUT2D eigenvalue weighted by molar-refractivity contribution is 5.93. The van der Waals surface area contributed by atoms with Crippen LogP contribution in [0.3, 0.4) is 0 Å². The molecule has 0 fully saturated rings. The summed E-state index contributed by atoms with van der Waals surface area (Å²) in [4.78, 5) is 12.6. The Kier molecular flexibility index (Phi) is 3.33. The molecule has 0 bridgehead atoms. The summed E-state index contributed by atoms with van der Waals surface area (Å²) >= 11 is 0. The van der Waals surface area contributed by atoms with Crippen molar-refractivity contribution in [1.82, 2.24) is 10.5 Å². The number of carbonyl (C=O) groups is 1. The third-order valence-electron chi connectivity index (χ3n) is 4.43. The molecule has 2 aliphatic rings. The maximum atomic E-state index is 12.6. The lowest BCUT2D eigenvalue weighted by molar-refractivity contribution is 0.0886. The maximum Gasteiger partial charge on any atom is 0.290 e. The summed E-state index contributed by atoms with van der Waals surface area (Å²) in [5.74, 6) is 1.06. The number of hydrogen-bond donors (Lipinski definition) is 1. The zero-order valence-electron chi connectivity index (χ0n) is 12.3. The van der Waals surface area contributed by atoms with Crippen LogP contribution in [0.25, 0.3) is 0 Å². The molecule has 22 heavy (non-hydrogen) atoms. The first kappa shape index (κ1) is 13.4. The summed E-state index contributed by atoms with van der Waals surface area (Å²) in [6.45, 7) is 0.608. The van der Waals surface area contributed by atoms with Crippen molar-refractivity contribution in [2.24, 2.45) is 0 Å². The molecule has 1 aliphatic carbocycles. The van der Waals surface area contributed by atoms with Gasteiger partial charge in [0.25, 0.3) is 5.91 Å². The number of fused-ring (bicyclic) bond motifs is 2. The molecular weight excluding hydrogens is 280 g/mol. The number of nitrogens with one attached hydrogen (secondary N) is 1. The van der Waals surface area contributed by atoms with Gasteiger partial charge in [-0.25, -0.2) is 0 Å². The molecule has 0 saturated carbocycles. The van der Waals surface area contributed by atoms with Gasteiger partial charge in [-0.3, -0.25) is 4.79 Å². The molecule has 1 amide bonds. The van der Waals surface area contributed by atoms with Crippen LogP contribution in [0.1, 0.15) is 52.7 Å². The Labute approximate surface area is 128 Å². The molecule has 0 spiro atoms. The summed E-state index contributed by atoms with van der Waals surface area (Å²) < 4.78 is 10.9. The van der Waals surface area contributed by atoms with Crippen molar-refractivity contribution in [2.75, 3.05) is 6.61 Å². The van der Waals surface area contributed by atoms with Crippen LogP contribution >= 0.6 is 0 Å². The van der Waals surface area contributed by atoms with Crippen molar-refractivity contribution in [3.63, 3.8) is 0 Å². The first-order valence-electron chi connectivity index (χ1n) is 7.83. The van der Waals surface area contributed by atoms with Gasteiger partial charge in [0.2, 0.25) is 5.76 Å². The summed E-state index contributed by atoms with van der Waals surface area (Å²) in [7, 11) is 0. The molecule has 4 rings (SSSR count). The SMILES string of the molecule is O=C(N[C@@H]1CCOc2ccccc21)c1onc2c1CCCC2. The second-order valence-corrected chi connectivity index (χ2v) is 5.85. The summed E-state index contributed by atoms with van der Waals surface area (Å²) in [5, 5.41) is 7.13. The van der Waals surface area contributed by atoms with Crippen LogP contribution in [0, 0.1) is 0 Å². The van der Waals surface area contributed by atoms with Crippen LogP contribution < -0.4 is 10.1 Å². The molecule has 0 radical (unpaired) electrons. The second-order valence-electron chi connectivity index (χ2n) is 5.85. The second kappa shape index (κ2) is 5.48. The minimum atomic E-state index is -0.169. The van der Waals surface area contributed by atoms with E-state index in [-0.39, 0.29) is 11.9 Å². The highest BCUT2D eigenvalue weighted by Gasteiger charge is 2.28. The molecule has 114 valence electrons. The van der Waals surface area contributed by atoms with Crippen molar-refractivity contribution in [2.45, 2.75) is 38.1 Å². The number of benzene rings is 1. The molecule has 5 nitrogen and oxygen atoms in total. The van der Waals surface area contributed by atoms with E-state index >= 15 is 0 Å². The molecule has 1 N–H and O–H groups in total. The Bertz CT molecular complexity index is 708. The van der Waals surface area contributed by atoms with Crippen LogP contribution in [-0.2, 0) is 12.8 Å². The van der Waals surface area contributed by atoms with Crippen molar-refractivity contribution < 1.29 is 14.1 Å². The van der Waals surface area contributed by atoms with Crippen LogP contribution in [0.2, 0.25) is 0 Å². The van der Waals surface area contributed by atoms with E-state index in [1.807, 2.05) is 24.3 Å². The van der Waals surface area contributed by atoms with Crippen LogP contribution in [-0.4, -0.2) is 17.7 Å². The largest absolute Gasteiger partial charge is 0.493 e. The summed E-state index contributed by atoms with van der Waals surface area (Å²) in [5.41, 5.74) is 2.96. The van der Waals surface area contributed by atoms with E-state index in [1.54, 1.807) is 0 Å². The number of aryl methyl sites for hydroxylation is 1. The molecule has 1 atom stereocenters. The molecule has 1 aromatic heterocycles. The number of hydrogen-bond acceptors (Lipinski definition) is 4. The molecule has 2 aromatic rings. The third kappa shape index (κ3) is 2.26. The monoisotopic (exact) mass is 298 g/mol. The Hall–Kier alpha value is -2.30.